The number of alkyl halides is 1. The molecule has 0 bridgehead atoms. The lowest BCUT2D eigenvalue weighted by Crippen LogP contribution is -2.56. The average molecular weight is 182 g/mol. The third kappa shape index (κ3) is 1.57. The highest BCUT2D eigenvalue weighted by molar-refractivity contribution is 4.88. The molecule has 0 aromatic rings. The Hall–Kier alpha value is -0.270. The third-order valence-corrected chi connectivity index (χ3v) is 1.82. The summed E-state index contributed by atoms with van der Waals surface area (Å²) in [5.41, 5.74) is 0. The maximum atomic E-state index is 12.8. The first kappa shape index (κ1) is 9.82. The van der Waals surface area contributed by atoms with E-state index < -0.39 is 37.4 Å². The van der Waals surface area contributed by atoms with Crippen molar-refractivity contribution >= 4 is 0 Å². The maximum absolute atomic E-state index is 12.8. The van der Waals surface area contributed by atoms with Crippen LogP contribution in [0.1, 0.15) is 0 Å². The molecule has 0 saturated carbocycles. The minimum absolute atomic E-state index is 0.606. The second-order valence-corrected chi connectivity index (χ2v) is 2.67. The van der Waals surface area contributed by atoms with Crippen molar-refractivity contribution in [3.63, 3.8) is 0 Å². The van der Waals surface area contributed by atoms with Crippen molar-refractivity contribution in [2.45, 2.75) is 30.8 Å². The summed E-state index contributed by atoms with van der Waals surface area (Å²) in [6, 6.07) is 0. The van der Waals surface area contributed by atoms with Crippen LogP contribution in [-0.4, -0.2) is 57.8 Å². The lowest BCUT2D eigenvalue weighted by Gasteiger charge is -2.36. The van der Waals surface area contributed by atoms with Gasteiger partial charge in [0.15, 0.2) is 12.5 Å². The molecule has 1 rings (SSSR count). The van der Waals surface area contributed by atoms with Gasteiger partial charge in [-0.1, -0.05) is 0 Å². The van der Waals surface area contributed by atoms with Gasteiger partial charge in [-0.25, -0.2) is 4.39 Å². The number of hydrogen-bond donors (Lipinski definition) is 4. The highest BCUT2D eigenvalue weighted by Gasteiger charge is 2.43. The van der Waals surface area contributed by atoms with E-state index in [-0.39, 0.29) is 0 Å². The van der Waals surface area contributed by atoms with E-state index in [2.05, 4.69) is 4.74 Å². The molecule has 0 spiro atoms. The lowest BCUT2D eigenvalue weighted by atomic mass is 10.0. The van der Waals surface area contributed by atoms with Crippen LogP contribution in [0.15, 0.2) is 0 Å². The van der Waals surface area contributed by atoms with Crippen LogP contribution in [0.5, 0.6) is 0 Å². The molecule has 0 aliphatic carbocycles. The van der Waals surface area contributed by atoms with Crippen LogP contribution >= 0.6 is 0 Å². The van der Waals surface area contributed by atoms with Crippen LogP contribution in [0.25, 0.3) is 0 Å². The first-order valence-electron chi connectivity index (χ1n) is 3.52. The van der Waals surface area contributed by atoms with Crippen LogP contribution in [0, 0.1) is 0 Å². The fraction of sp³-hybridized carbons (Fsp3) is 1.00. The van der Waals surface area contributed by atoms with Gasteiger partial charge in [-0.2, -0.15) is 0 Å². The zero-order valence-electron chi connectivity index (χ0n) is 6.17. The van der Waals surface area contributed by atoms with Crippen LogP contribution in [-0.2, 0) is 4.74 Å². The summed E-state index contributed by atoms with van der Waals surface area (Å²) in [5, 5.41) is 35.2. The summed E-state index contributed by atoms with van der Waals surface area (Å²) >= 11 is 0. The average Bonchev–Trinajstić information content (AvgIpc) is 2.08. The SMILES string of the molecule is OC[C@H]1O[C@H](O)[C@H](O)[C@@H](F)[C@H]1O. The van der Waals surface area contributed by atoms with Crippen LogP contribution in [0.3, 0.4) is 0 Å². The Morgan fingerprint density at radius 1 is 1.17 bits per heavy atom. The van der Waals surface area contributed by atoms with Crippen molar-refractivity contribution < 1.29 is 29.6 Å². The molecule has 1 heterocycles. The molecule has 12 heavy (non-hydrogen) atoms. The molecule has 0 aromatic carbocycles. The molecular formula is C6H11FO5. The van der Waals surface area contributed by atoms with Gasteiger partial charge in [0.1, 0.15) is 18.3 Å². The Morgan fingerprint density at radius 2 is 1.75 bits per heavy atom. The Kier molecular flexibility index (Phi) is 2.97. The first-order valence-corrected chi connectivity index (χ1v) is 3.52. The van der Waals surface area contributed by atoms with Gasteiger partial charge in [0, 0.05) is 0 Å². The fourth-order valence-corrected chi connectivity index (χ4v) is 1.06. The smallest absolute Gasteiger partial charge is 0.184 e. The molecule has 0 radical (unpaired) electrons. The standard InChI is InChI=1S/C6H11FO5/c7-3-4(9)2(1-8)12-6(11)5(3)10/h2-6,8-11H,1H2/t2-,3+,4+,5-,6+/m1/s1. The van der Waals surface area contributed by atoms with E-state index in [1.807, 2.05) is 0 Å². The van der Waals surface area contributed by atoms with Crippen LogP contribution < -0.4 is 0 Å². The summed E-state index contributed by atoms with van der Waals surface area (Å²) in [4.78, 5) is 0. The molecule has 0 amide bonds. The van der Waals surface area contributed by atoms with E-state index >= 15 is 0 Å². The molecule has 1 aliphatic rings. The molecule has 1 aliphatic heterocycles. The van der Waals surface area contributed by atoms with Gasteiger partial charge < -0.3 is 25.2 Å². The van der Waals surface area contributed by atoms with Crippen molar-refractivity contribution in [3.05, 3.63) is 0 Å². The Labute approximate surface area is 68.0 Å². The van der Waals surface area contributed by atoms with E-state index in [1.54, 1.807) is 0 Å². The Morgan fingerprint density at radius 3 is 2.25 bits per heavy atom. The molecule has 1 saturated heterocycles. The third-order valence-electron chi connectivity index (χ3n) is 1.82. The summed E-state index contributed by atoms with van der Waals surface area (Å²) in [6.45, 7) is -0.606. The van der Waals surface area contributed by atoms with Crippen molar-refractivity contribution in [2.24, 2.45) is 0 Å². The minimum Gasteiger partial charge on any atom is -0.394 e. The predicted molar refractivity (Wildman–Crippen MR) is 34.9 cm³/mol. The van der Waals surface area contributed by atoms with Crippen LogP contribution in [0.2, 0.25) is 0 Å². The zero-order valence-corrected chi connectivity index (χ0v) is 6.17. The molecular weight excluding hydrogens is 171 g/mol. The van der Waals surface area contributed by atoms with E-state index in [4.69, 9.17) is 20.4 Å². The van der Waals surface area contributed by atoms with Crippen LogP contribution in [0.4, 0.5) is 4.39 Å². The van der Waals surface area contributed by atoms with Gasteiger partial charge in [-0.15, -0.1) is 0 Å². The molecule has 5 atom stereocenters. The zero-order chi connectivity index (χ0) is 9.30. The van der Waals surface area contributed by atoms with E-state index in [9.17, 15) is 4.39 Å². The van der Waals surface area contributed by atoms with Gasteiger partial charge in [-0.3, -0.25) is 0 Å². The highest BCUT2D eigenvalue weighted by atomic mass is 19.1. The fourth-order valence-electron chi connectivity index (χ4n) is 1.06. The monoisotopic (exact) mass is 182 g/mol. The Balaban J connectivity index is 2.63. The number of rotatable bonds is 1. The second-order valence-electron chi connectivity index (χ2n) is 2.67. The molecule has 0 aromatic heterocycles. The second kappa shape index (κ2) is 3.63. The van der Waals surface area contributed by atoms with Crippen molar-refractivity contribution in [3.8, 4) is 0 Å². The van der Waals surface area contributed by atoms with Crippen molar-refractivity contribution in [1.29, 1.82) is 0 Å². The van der Waals surface area contributed by atoms with Crippen molar-refractivity contribution in [1.82, 2.24) is 0 Å². The van der Waals surface area contributed by atoms with E-state index in [0.717, 1.165) is 0 Å². The lowest BCUT2D eigenvalue weighted by molar-refractivity contribution is -0.274. The molecule has 0 unspecified atom stereocenters. The van der Waals surface area contributed by atoms with Crippen molar-refractivity contribution in [2.75, 3.05) is 6.61 Å². The quantitative estimate of drug-likeness (QED) is 0.368. The molecule has 4 N–H and O–H groups in total. The summed E-state index contributed by atoms with van der Waals surface area (Å²) in [7, 11) is 0. The van der Waals surface area contributed by atoms with E-state index in [1.165, 1.54) is 0 Å². The highest BCUT2D eigenvalue weighted by Crippen LogP contribution is 2.21. The number of hydrogen-bond acceptors (Lipinski definition) is 5. The van der Waals surface area contributed by atoms with Gasteiger partial charge >= 0.3 is 0 Å². The van der Waals surface area contributed by atoms with Gasteiger partial charge in [-0.05, 0) is 0 Å². The molecule has 6 heteroatoms. The number of aliphatic hydroxyl groups is 4. The first-order chi connectivity index (χ1) is 5.57. The Bertz CT molecular complexity index is 150. The van der Waals surface area contributed by atoms with Gasteiger partial charge in [0.05, 0.1) is 6.61 Å². The minimum atomic E-state index is -1.99. The normalized spacial score (nSPS) is 49.2. The predicted octanol–water partition coefficient (Wildman–Crippen LogP) is -2.24. The topological polar surface area (TPSA) is 90.2 Å². The number of halogens is 1. The summed E-state index contributed by atoms with van der Waals surface area (Å²) in [5.74, 6) is 0. The molecule has 1 fully saturated rings. The maximum Gasteiger partial charge on any atom is 0.184 e. The molecule has 72 valence electrons. The van der Waals surface area contributed by atoms with Gasteiger partial charge in [0.25, 0.3) is 0 Å². The number of aliphatic hydroxyl groups excluding tert-OH is 4. The summed E-state index contributed by atoms with van der Waals surface area (Å²) < 4.78 is 17.3. The molecule has 5 nitrogen and oxygen atoms in total. The largest absolute Gasteiger partial charge is 0.394 e. The number of ether oxygens (including phenoxy) is 1. The summed E-state index contributed by atoms with van der Waals surface area (Å²) in [6.07, 6.45) is -8.24. The van der Waals surface area contributed by atoms with E-state index in [0.29, 0.717) is 0 Å². The van der Waals surface area contributed by atoms with Gasteiger partial charge in [0.2, 0.25) is 0 Å².